The molecule has 1 amide bonds. The van der Waals surface area contributed by atoms with Crippen molar-refractivity contribution in [3.05, 3.63) is 0 Å². The number of hydrogen-bond donors (Lipinski definition) is 3. The van der Waals surface area contributed by atoms with Crippen LogP contribution in [-0.4, -0.2) is 63.0 Å². The second-order valence-corrected chi connectivity index (χ2v) is 18.8. The first kappa shape index (κ1) is 37.9. The van der Waals surface area contributed by atoms with Crippen LogP contribution in [0.4, 0.5) is 4.79 Å². The van der Waals surface area contributed by atoms with Crippen molar-refractivity contribution in [2.75, 3.05) is 17.8 Å². The second kappa shape index (κ2) is 14.6. The lowest BCUT2D eigenvalue weighted by molar-refractivity contribution is -0.315. The fourth-order valence-corrected chi connectivity index (χ4v) is 10.9. The van der Waals surface area contributed by atoms with Crippen LogP contribution in [0.15, 0.2) is 0 Å². The summed E-state index contributed by atoms with van der Waals surface area (Å²) in [5, 5.41) is 24.6. The number of ether oxygens (including phenoxy) is 1. The van der Waals surface area contributed by atoms with E-state index in [1.807, 2.05) is 6.26 Å². The maximum Gasteiger partial charge on any atom is 0.539 e. The third kappa shape index (κ3) is 8.95. The van der Waals surface area contributed by atoms with Gasteiger partial charge in [0, 0.05) is 0 Å². The van der Waals surface area contributed by atoms with Crippen LogP contribution in [0.3, 0.4) is 0 Å². The molecule has 0 aromatic carbocycles. The number of rotatable bonds is 13. The largest absolute Gasteiger partial charge is 0.548 e. The summed E-state index contributed by atoms with van der Waals surface area (Å²) in [6, 6.07) is -1.82. The summed E-state index contributed by atoms with van der Waals surface area (Å²) < 4.78 is 5.70. The lowest BCUT2D eigenvalue weighted by Crippen LogP contribution is -2.70. The zero-order valence-electron chi connectivity index (χ0n) is 26.5. The van der Waals surface area contributed by atoms with Gasteiger partial charge in [-0.05, 0) is 69.3 Å². The van der Waals surface area contributed by atoms with Crippen LogP contribution in [0.1, 0.15) is 101 Å². The molecule has 4 N–H and O–H groups in total. The van der Waals surface area contributed by atoms with Gasteiger partial charge in [-0.1, -0.05) is 54.4 Å². The number of amides is 1. The molecule has 0 saturated heterocycles. The Balaban J connectivity index is 3.48. The van der Waals surface area contributed by atoms with Crippen LogP contribution >= 0.6 is 22.6 Å². The van der Waals surface area contributed by atoms with Crippen molar-refractivity contribution in [3.8, 4) is 0 Å². The van der Waals surface area contributed by atoms with Crippen LogP contribution < -0.4 is 16.2 Å². The van der Waals surface area contributed by atoms with E-state index < -0.39 is 66.4 Å². The molecular weight excluding hydrogens is 585 g/mol. The van der Waals surface area contributed by atoms with Crippen molar-refractivity contribution in [1.82, 2.24) is 5.32 Å². The highest BCUT2D eigenvalue weighted by molar-refractivity contribution is 8.79. The number of nitrogens with one attached hydrogen (secondary N) is 1. The van der Waals surface area contributed by atoms with Crippen LogP contribution in [0.25, 0.3) is 0 Å². The molecule has 1 aliphatic rings. The molecule has 0 radical (unpaired) electrons. The second-order valence-electron chi connectivity index (χ2n) is 13.9. The molecule has 0 spiro atoms. The van der Waals surface area contributed by atoms with E-state index in [9.17, 15) is 29.4 Å². The molecule has 1 fully saturated rings. The van der Waals surface area contributed by atoms with E-state index in [1.54, 1.807) is 74.1 Å². The highest BCUT2D eigenvalue weighted by Gasteiger charge is 2.63. The first-order valence-electron chi connectivity index (χ1n) is 14.2. The predicted molar refractivity (Wildman–Crippen MR) is 168 cm³/mol. The van der Waals surface area contributed by atoms with E-state index in [-0.39, 0.29) is 5.30 Å². The summed E-state index contributed by atoms with van der Waals surface area (Å²) in [5.74, 6) is -2.08. The van der Waals surface area contributed by atoms with Gasteiger partial charge in [0.1, 0.15) is 32.9 Å². The van der Waals surface area contributed by atoms with E-state index in [0.717, 1.165) is 18.6 Å². The minimum absolute atomic E-state index is 0.367. The molecule has 3 atom stereocenters. The minimum atomic E-state index is -1.91. The van der Waals surface area contributed by atoms with E-state index in [2.05, 4.69) is 5.32 Å². The maximum absolute atomic E-state index is 14.1. The molecular formula is C29H52N2O7S3. The topological polar surface area (TPSA) is 159 Å². The number of carbonyl (C=O) groups excluding carboxylic acids is 3. The van der Waals surface area contributed by atoms with Gasteiger partial charge in [-0.25, -0.2) is 0 Å². The van der Waals surface area contributed by atoms with Crippen LogP contribution in [-0.2, 0) is 29.0 Å². The van der Waals surface area contributed by atoms with Gasteiger partial charge >= 0.3 is 11.3 Å². The van der Waals surface area contributed by atoms with Crippen LogP contribution in [0.5, 0.6) is 0 Å². The summed E-state index contributed by atoms with van der Waals surface area (Å²) in [7, 11) is 0.277. The summed E-state index contributed by atoms with van der Waals surface area (Å²) in [6.45, 7) is 15.4. The van der Waals surface area contributed by atoms with Crippen molar-refractivity contribution in [2.24, 2.45) is 27.4 Å². The van der Waals surface area contributed by atoms with Crippen molar-refractivity contribution in [1.29, 1.82) is 0 Å². The molecule has 0 aromatic rings. The highest BCUT2D eigenvalue weighted by Crippen LogP contribution is 2.55. The molecule has 12 heteroatoms. The zero-order chi connectivity index (χ0) is 32.0. The van der Waals surface area contributed by atoms with Gasteiger partial charge in [0.15, 0.2) is 9.93 Å². The predicted octanol–water partition coefficient (Wildman–Crippen LogP) is 4.57. The van der Waals surface area contributed by atoms with Crippen molar-refractivity contribution in [2.45, 2.75) is 118 Å². The SMILES string of the molecule is CSCCCC[S+](SC(N)C1(C(=O)NC(C(=O)[O-])C(C(=O)O)(C(C)(C)C)C(C)(C)C)CCCC1)C(=O)OC(C)(C)C. The molecule has 0 heterocycles. The molecule has 41 heavy (non-hydrogen) atoms. The van der Waals surface area contributed by atoms with Crippen LogP contribution in [0.2, 0.25) is 0 Å². The minimum Gasteiger partial charge on any atom is -0.548 e. The number of thioether (sulfide) groups is 1. The number of aliphatic carboxylic acids is 2. The zero-order valence-corrected chi connectivity index (χ0v) is 29.0. The van der Waals surface area contributed by atoms with Gasteiger partial charge in [-0.15, -0.1) is 0 Å². The lowest BCUT2D eigenvalue weighted by atomic mass is 9.50. The van der Waals surface area contributed by atoms with Crippen LogP contribution in [0, 0.1) is 21.7 Å². The number of carboxylic acids is 2. The van der Waals surface area contributed by atoms with E-state index >= 15 is 0 Å². The smallest absolute Gasteiger partial charge is 0.539 e. The molecule has 238 valence electrons. The van der Waals surface area contributed by atoms with E-state index in [0.29, 0.717) is 31.4 Å². The van der Waals surface area contributed by atoms with Gasteiger partial charge in [0.2, 0.25) is 5.91 Å². The molecule has 0 bridgehead atoms. The Bertz CT molecular complexity index is 918. The van der Waals surface area contributed by atoms with Gasteiger partial charge in [-0.3, -0.25) is 9.59 Å². The maximum atomic E-state index is 14.1. The van der Waals surface area contributed by atoms with Gasteiger partial charge in [0.05, 0.1) is 17.4 Å². The Morgan fingerprint density at radius 3 is 1.90 bits per heavy atom. The standard InChI is InChI=1S/C29H52N2O7S3/c1-25(2,3)29(23(35)36,26(4,5)6)19(20(32)33)31-22(34)28(15-11-12-16-28)21(30)40-41(18-14-13-17-39-10)24(37)38-27(7,8)9/h19,21H,11-18,30H2,1-10H3,(H2-,31,32,33,34,35,36). The quantitative estimate of drug-likeness (QED) is 0.0859. The molecule has 1 aliphatic carbocycles. The average Bonchev–Trinajstić information content (AvgIpc) is 3.28. The molecule has 9 nitrogen and oxygen atoms in total. The molecule has 0 aromatic heterocycles. The summed E-state index contributed by atoms with van der Waals surface area (Å²) in [4.78, 5) is 52.9. The molecule has 1 rings (SSSR count). The molecule has 0 aliphatic heterocycles. The number of carboxylic acid groups (broad SMARTS) is 2. The van der Waals surface area contributed by atoms with Crippen molar-refractivity contribution in [3.63, 3.8) is 0 Å². The fourth-order valence-electron chi connectivity index (χ4n) is 6.19. The first-order chi connectivity index (χ1) is 18.6. The number of unbranched alkanes of at least 4 members (excludes halogenated alkanes) is 1. The van der Waals surface area contributed by atoms with Gasteiger partial charge < -0.3 is 30.8 Å². The molecule has 1 saturated carbocycles. The fraction of sp³-hybridized carbons (Fsp3) is 0.862. The van der Waals surface area contributed by atoms with Gasteiger partial charge in [-0.2, -0.15) is 16.6 Å². The Hall–Kier alpha value is -1.11. The first-order valence-corrected chi connectivity index (χ1v) is 18.4. The summed E-state index contributed by atoms with van der Waals surface area (Å²) in [5.41, 5.74) is 0.836. The van der Waals surface area contributed by atoms with Crippen molar-refractivity contribution < 1.29 is 34.1 Å². The number of hydrogen-bond acceptors (Lipinski definition) is 9. The summed E-state index contributed by atoms with van der Waals surface area (Å²) >= 11 is 1.73. The Morgan fingerprint density at radius 2 is 1.51 bits per heavy atom. The third-order valence-corrected chi connectivity index (χ3v) is 12.8. The average molecular weight is 637 g/mol. The normalized spacial score (nSPS) is 18.3. The summed E-state index contributed by atoms with van der Waals surface area (Å²) in [6.07, 6.45) is 5.96. The number of carbonyl (C=O) groups is 4. The van der Waals surface area contributed by atoms with Crippen molar-refractivity contribution >= 4 is 55.6 Å². The Labute approximate surface area is 257 Å². The van der Waals surface area contributed by atoms with E-state index in [4.69, 9.17) is 10.5 Å². The Kier molecular flexibility index (Phi) is 13.5. The Morgan fingerprint density at radius 1 is 1.00 bits per heavy atom. The number of nitrogens with two attached hydrogens (primary N) is 1. The highest BCUT2D eigenvalue weighted by atomic mass is 33.1. The molecule has 3 unspecified atom stereocenters. The monoisotopic (exact) mass is 636 g/mol. The van der Waals surface area contributed by atoms with Gasteiger partial charge in [0.25, 0.3) is 0 Å². The lowest BCUT2D eigenvalue weighted by Gasteiger charge is -2.55. The third-order valence-electron chi connectivity index (χ3n) is 7.86. The van der Waals surface area contributed by atoms with E-state index in [1.165, 1.54) is 10.8 Å².